The van der Waals surface area contributed by atoms with Gasteiger partial charge in [0, 0.05) is 23.5 Å². The lowest BCUT2D eigenvalue weighted by molar-refractivity contribution is 0.255. The van der Waals surface area contributed by atoms with Crippen LogP contribution in [0, 0.1) is 6.92 Å². The van der Waals surface area contributed by atoms with E-state index >= 15 is 0 Å². The molecule has 1 fully saturated rings. The molecule has 0 amide bonds. The third-order valence-electron chi connectivity index (χ3n) is 6.43. The number of likely N-dealkylation sites (tertiary alicyclic amines) is 1. The Morgan fingerprint density at radius 2 is 1.79 bits per heavy atom. The zero-order valence-corrected chi connectivity index (χ0v) is 18.0. The van der Waals surface area contributed by atoms with E-state index in [1.165, 1.54) is 53.9 Å². The van der Waals surface area contributed by atoms with Crippen LogP contribution in [-0.4, -0.2) is 31.6 Å². The predicted octanol–water partition coefficient (Wildman–Crippen LogP) is 4.60. The van der Waals surface area contributed by atoms with Gasteiger partial charge < -0.3 is 21.3 Å². The molecule has 1 atom stereocenters. The molecule has 29 heavy (non-hydrogen) atoms. The Balaban J connectivity index is 1.70. The summed E-state index contributed by atoms with van der Waals surface area (Å²) in [4.78, 5) is 2.43. The van der Waals surface area contributed by atoms with Gasteiger partial charge in [-0.25, -0.2) is 0 Å². The van der Waals surface area contributed by atoms with Gasteiger partial charge in [-0.3, -0.25) is 0 Å². The highest BCUT2D eigenvalue weighted by Crippen LogP contribution is 2.36. The maximum atomic E-state index is 6.25. The van der Waals surface area contributed by atoms with E-state index in [2.05, 4.69) is 72.0 Å². The second-order valence-corrected chi connectivity index (χ2v) is 8.76. The minimum absolute atomic E-state index is 0.267. The van der Waals surface area contributed by atoms with Crippen molar-refractivity contribution >= 4 is 11.4 Å². The molecule has 2 aliphatic heterocycles. The van der Waals surface area contributed by atoms with E-state index in [1.807, 2.05) is 6.92 Å². The van der Waals surface area contributed by atoms with E-state index < -0.39 is 0 Å². The lowest BCUT2D eigenvalue weighted by atomic mass is 9.85. The van der Waals surface area contributed by atoms with Gasteiger partial charge in [-0.2, -0.15) is 0 Å². The molecule has 0 radical (unpaired) electrons. The average Bonchev–Trinajstić information content (AvgIpc) is 2.89. The van der Waals surface area contributed by atoms with Gasteiger partial charge in [0.05, 0.1) is 11.7 Å². The molecule has 0 aromatic heterocycles. The van der Waals surface area contributed by atoms with Gasteiger partial charge in [0.2, 0.25) is 0 Å². The highest BCUT2D eigenvalue weighted by Gasteiger charge is 2.25. The van der Waals surface area contributed by atoms with E-state index in [-0.39, 0.29) is 6.04 Å². The highest BCUT2D eigenvalue weighted by molar-refractivity contribution is 5.71. The fourth-order valence-corrected chi connectivity index (χ4v) is 4.64. The van der Waals surface area contributed by atoms with Gasteiger partial charge >= 0.3 is 0 Å². The molecule has 4 heteroatoms. The number of aryl methyl sites for hydroxylation is 1. The maximum Gasteiger partial charge on any atom is 0.0605 e. The highest BCUT2D eigenvalue weighted by atomic mass is 15.1. The van der Waals surface area contributed by atoms with E-state index in [0.717, 1.165) is 24.4 Å². The van der Waals surface area contributed by atoms with Crippen LogP contribution < -0.4 is 16.4 Å². The molecule has 0 bridgehead atoms. The number of nitrogens with one attached hydrogen (secondary N) is 2. The summed E-state index contributed by atoms with van der Waals surface area (Å²) in [6, 6.07) is 16.0. The summed E-state index contributed by atoms with van der Waals surface area (Å²) >= 11 is 0. The molecule has 2 aromatic rings. The first kappa shape index (κ1) is 19.8. The summed E-state index contributed by atoms with van der Waals surface area (Å²) in [7, 11) is 2.22. The van der Waals surface area contributed by atoms with Crippen molar-refractivity contribution in [3.8, 4) is 0 Å². The lowest BCUT2D eigenvalue weighted by Gasteiger charge is -2.30. The Bertz CT molecular complexity index is 872. The summed E-state index contributed by atoms with van der Waals surface area (Å²) in [6.07, 6.45) is 3.50. The number of nitrogens with zero attached hydrogens (tertiary/aromatic N) is 1. The summed E-state index contributed by atoms with van der Waals surface area (Å²) in [5.41, 5.74) is 14.7. The largest absolute Gasteiger partial charge is 0.401 e. The summed E-state index contributed by atoms with van der Waals surface area (Å²) in [6.45, 7) is 7.39. The molecule has 4 N–H and O–H groups in total. The van der Waals surface area contributed by atoms with Crippen molar-refractivity contribution in [2.24, 2.45) is 5.73 Å². The second kappa shape index (κ2) is 8.50. The normalized spacial score (nSPS) is 22.4. The molecule has 0 saturated carbocycles. The molecule has 154 valence electrons. The molecule has 2 aromatic carbocycles. The van der Waals surface area contributed by atoms with E-state index in [0.29, 0.717) is 5.92 Å². The van der Waals surface area contributed by atoms with Crippen molar-refractivity contribution in [3.05, 3.63) is 70.4 Å². The first-order valence-corrected chi connectivity index (χ1v) is 10.9. The first-order chi connectivity index (χ1) is 14.0. The number of piperidine rings is 1. The molecule has 4 nitrogen and oxygen atoms in total. The van der Waals surface area contributed by atoms with Crippen molar-refractivity contribution in [3.63, 3.8) is 0 Å². The minimum Gasteiger partial charge on any atom is -0.401 e. The molecule has 0 aliphatic carbocycles. The number of anilines is 1. The topological polar surface area (TPSA) is 53.3 Å². The molecular weight excluding hydrogens is 356 g/mol. The third-order valence-corrected chi connectivity index (χ3v) is 6.43. The van der Waals surface area contributed by atoms with Crippen LogP contribution in [0.5, 0.6) is 0 Å². The van der Waals surface area contributed by atoms with Crippen LogP contribution in [0.2, 0.25) is 0 Å². The Hall–Kier alpha value is -2.46. The fourth-order valence-electron chi connectivity index (χ4n) is 4.64. The summed E-state index contributed by atoms with van der Waals surface area (Å²) in [5.74, 6) is 0.652. The zero-order chi connectivity index (χ0) is 20.4. The smallest absolute Gasteiger partial charge is 0.0605 e. The van der Waals surface area contributed by atoms with Crippen LogP contribution in [0.15, 0.2) is 48.2 Å². The number of allylic oxidation sites excluding steroid dienone is 1. The van der Waals surface area contributed by atoms with Crippen molar-refractivity contribution in [1.29, 1.82) is 0 Å². The van der Waals surface area contributed by atoms with Crippen LogP contribution in [0.3, 0.4) is 0 Å². The number of hydrogen-bond acceptors (Lipinski definition) is 4. The number of nitrogens with two attached hydrogens (primary N) is 1. The molecule has 0 spiro atoms. The van der Waals surface area contributed by atoms with E-state index in [1.54, 1.807) is 0 Å². The van der Waals surface area contributed by atoms with Crippen LogP contribution in [-0.2, 0) is 0 Å². The maximum absolute atomic E-state index is 6.25. The third kappa shape index (κ3) is 4.43. The summed E-state index contributed by atoms with van der Waals surface area (Å²) in [5, 5.41) is 7.36. The minimum atomic E-state index is 0.267. The van der Waals surface area contributed by atoms with Crippen molar-refractivity contribution in [1.82, 2.24) is 10.2 Å². The first-order valence-electron chi connectivity index (χ1n) is 10.9. The number of benzene rings is 2. The van der Waals surface area contributed by atoms with Crippen LogP contribution in [0.4, 0.5) is 5.69 Å². The van der Waals surface area contributed by atoms with Crippen molar-refractivity contribution in [2.45, 2.75) is 45.1 Å². The van der Waals surface area contributed by atoms with Crippen LogP contribution >= 0.6 is 0 Å². The number of hydrogen-bond donors (Lipinski definition) is 3. The predicted molar refractivity (Wildman–Crippen MR) is 123 cm³/mol. The number of rotatable bonds is 3. The van der Waals surface area contributed by atoms with Crippen molar-refractivity contribution < 1.29 is 0 Å². The van der Waals surface area contributed by atoms with Gasteiger partial charge in [0.15, 0.2) is 0 Å². The van der Waals surface area contributed by atoms with Gasteiger partial charge in [-0.15, -0.1) is 0 Å². The fraction of sp³-hybridized carbons (Fsp3) is 0.440. The van der Waals surface area contributed by atoms with Gasteiger partial charge in [0.25, 0.3) is 0 Å². The number of fused-ring (bicyclic) bond motifs is 1. The molecule has 2 heterocycles. The van der Waals surface area contributed by atoms with Crippen molar-refractivity contribution in [2.75, 3.05) is 32.0 Å². The molecule has 1 unspecified atom stereocenters. The Morgan fingerprint density at radius 1 is 1.07 bits per heavy atom. The quantitative estimate of drug-likeness (QED) is 0.717. The molecule has 4 rings (SSSR count). The van der Waals surface area contributed by atoms with Crippen LogP contribution in [0.25, 0.3) is 5.70 Å². The summed E-state index contributed by atoms with van der Waals surface area (Å²) < 4.78 is 0. The Labute approximate surface area is 175 Å². The standard InChI is InChI=1S/C25H34N4/c1-17-4-7-21(8-5-17)28-24-10-13-27-25(18(2)26)22-9-6-20(16-23(22)24)19-11-14-29(3)15-12-19/h4-9,16,19,24,27-28H,10-15,26H2,1-3H3/b25-18-. The molecular formula is C25H34N4. The zero-order valence-electron chi connectivity index (χ0n) is 18.0. The average molecular weight is 391 g/mol. The lowest BCUT2D eigenvalue weighted by Crippen LogP contribution is -2.29. The SMILES string of the molecule is C/C(N)=C1/NCCC(Nc2ccc(C)cc2)c2cc(C3CCN(C)CC3)ccc21. The Kier molecular flexibility index (Phi) is 5.81. The van der Waals surface area contributed by atoms with Gasteiger partial charge in [-0.1, -0.05) is 35.9 Å². The molecule has 1 saturated heterocycles. The van der Waals surface area contributed by atoms with E-state index in [4.69, 9.17) is 5.73 Å². The van der Waals surface area contributed by atoms with Crippen LogP contribution in [0.1, 0.15) is 60.4 Å². The van der Waals surface area contributed by atoms with E-state index in [9.17, 15) is 0 Å². The van der Waals surface area contributed by atoms with Gasteiger partial charge in [0.1, 0.15) is 0 Å². The molecule has 2 aliphatic rings. The van der Waals surface area contributed by atoms with Gasteiger partial charge in [-0.05, 0) is 82.4 Å². The second-order valence-electron chi connectivity index (χ2n) is 8.76. The monoisotopic (exact) mass is 390 g/mol. The Morgan fingerprint density at radius 3 is 2.48 bits per heavy atom.